The van der Waals surface area contributed by atoms with Crippen molar-refractivity contribution < 1.29 is 4.79 Å². The molecule has 1 aliphatic rings. The number of hydrogen-bond donors (Lipinski definition) is 2. The molecule has 0 saturated carbocycles. The van der Waals surface area contributed by atoms with Crippen LogP contribution in [0.15, 0.2) is 11.8 Å². The fourth-order valence-corrected chi connectivity index (χ4v) is 1.37. The lowest BCUT2D eigenvalue weighted by Crippen LogP contribution is -2.21. The average molecular weight is 198 g/mol. The molecule has 0 aromatic carbocycles. The molecule has 2 N–H and O–H groups in total. The molecule has 1 fully saturated rings. The van der Waals surface area contributed by atoms with E-state index in [1.54, 1.807) is 0 Å². The Morgan fingerprint density at radius 1 is 1.38 bits per heavy atom. The molecule has 4 heteroatoms. The molecule has 1 heterocycles. The predicted molar refractivity (Wildman–Crippen MR) is 56.1 cm³/mol. The van der Waals surface area contributed by atoms with Crippen LogP contribution in [0.4, 0.5) is 0 Å². The Hall–Kier alpha value is -0.900. The lowest BCUT2D eigenvalue weighted by molar-refractivity contribution is -0.115. The highest BCUT2D eigenvalue weighted by Gasteiger charge is 2.18. The van der Waals surface area contributed by atoms with E-state index in [1.807, 2.05) is 6.08 Å². The van der Waals surface area contributed by atoms with E-state index in [9.17, 15) is 4.79 Å². The fourth-order valence-electron chi connectivity index (χ4n) is 1.17. The molecular formula is C9H14N2OS. The maximum Gasteiger partial charge on any atom is 0.273 e. The van der Waals surface area contributed by atoms with Crippen LogP contribution >= 0.6 is 12.2 Å². The molecule has 1 saturated heterocycles. The van der Waals surface area contributed by atoms with Crippen molar-refractivity contribution in [3.05, 3.63) is 11.8 Å². The van der Waals surface area contributed by atoms with Crippen LogP contribution in [-0.2, 0) is 4.79 Å². The van der Waals surface area contributed by atoms with E-state index in [0.717, 1.165) is 12.8 Å². The van der Waals surface area contributed by atoms with Crippen LogP contribution in [0.2, 0.25) is 0 Å². The van der Waals surface area contributed by atoms with E-state index < -0.39 is 0 Å². The molecule has 72 valence electrons. The Morgan fingerprint density at radius 2 is 2.15 bits per heavy atom. The maximum atomic E-state index is 11.1. The third-order valence-corrected chi connectivity index (χ3v) is 2.08. The van der Waals surface area contributed by atoms with E-state index in [2.05, 4.69) is 17.6 Å². The second kappa shape index (κ2) is 4.97. The number of thiocarbonyl (C=S) groups is 1. The number of unbranched alkanes of at least 4 members (excludes halogenated alkanes) is 3. The summed E-state index contributed by atoms with van der Waals surface area (Å²) in [6.45, 7) is 2.16. The van der Waals surface area contributed by atoms with Gasteiger partial charge in [-0.1, -0.05) is 25.8 Å². The van der Waals surface area contributed by atoms with Gasteiger partial charge in [0.2, 0.25) is 0 Å². The molecule has 0 atom stereocenters. The second-order valence-corrected chi connectivity index (χ2v) is 3.43. The van der Waals surface area contributed by atoms with Crippen LogP contribution in [0.1, 0.15) is 32.6 Å². The Kier molecular flexibility index (Phi) is 3.89. The summed E-state index contributed by atoms with van der Waals surface area (Å²) in [4.78, 5) is 11.1. The van der Waals surface area contributed by atoms with E-state index in [-0.39, 0.29) is 5.91 Å². The summed E-state index contributed by atoms with van der Waals surface area (Å²) in [6.07, 6.45) is 6.37. The lowest BCUT2D eigenvalue weighted by Gasteiger charge is -1.95. The maximum absolute atomic E-state index is 11.1. The largest absolute Gasteiger partial charge is 0.328 e. The molecule has 1 aliphatic heterocycles. The zero-order valence-corrected chi connectivity index (χ0v) is 8.54. The number of hydrogen-bond acceptors (Lipinski definition) is 2. The van der Waals surface area contributed by atoms with Crippen molar-refractivity contribution in [2.45, 2.75) is 32.6 Å². The molecule has 1 amide bonds. The van der Waals surface area contributed by atoms with Crippen molar-refractivity contribution in [2.24, 2.45) is 0 Å². The second-order valence-electron chi connectivity index (χ2n) is 3.02. The topological polar surface area (TPSA) is 41.1 Å². The van der Waals surface area contributed by atoms with Crippen molar-refractivity contribution in [1.29, 1.82) is 0 Å². The molecule has 0 aliphatic carbocycles. The number of rotatable bonds is 4. The van der Waals surface area contributed by atoms with Gasteiger partial charge in [-0.3, -0.25) is 10.1 Å². The first-order valence-corrected chi connectivity index (χ1v) is 4.97. The number of amides is 1. The van der Waals surface area contributed by atoms with Crippen molar-refractivity contribution in [2.75, 3.05) is 0 Å². The van der Waals surface area contributed by atoms with Crippen LogP contribution in [0.3, 0.4) is 0 Å². The SMILES string of the molecule is CCCCC/C=C1\NC(=S)NC1=O. The van der Waals surface area contributed by atoms with Crippen LogP contribution in [0.5, 0.6) is 0 Å². The Bertz CT molecular complexity index is 248. The van der Waals surface area contributed by atoms with Crippen molar-refractivity contribution in [3.8, 4) is 0 Å². The third-order valence-electron chi connectivity index (χ3n) is 1.88. The van der Waals surface area contributed by atoms with Gasteiger partial charge < -0.3 is 5.32 Å². The van der Waals surface area contributed by atoms with E-state index >= 15 is 0 Å². The number of carbonyl (C=O) groups excluding carboxylic acids is 1. The van der Waals surface area contributed by atoms with Gasteiger partial charge in [-0.15, -0.1) is 0 Å². The molecule has 0 unspecified atom stereocenters. The summed E-state index contributed by atoms with van der Waals surface area (Å²) >= 11 is 4.79. The first kappa shape index (κ1) is 10.2. The monoisotopic (exact) mass is 198 g/mol. The minimum absolute atomic E-state index is 0.110. The highest BCUT2D eigenvalue weighted by molar-refractivity contribution is 7.80. The van der Waals surface area contributed by atoms with Gasteiger partial charge in [-0.05, 0) is 25.1 Å². The van der Waals surface area contributed by atoms with Gasteiger partial charge in [0.1, 0.15) is 5.70 Å². The highest BCUT2D eigenvalue weighted by Crippen LogP contribution is 2.04. The van der Waals surface area contributed by atoms with Crippen LogP contribution in [0.25, 0.3) is 0 Å². The average Bonchev–Trinajstić information content (AvgIpc) is 2.39. The van der Waals surface area contributed by atoms with Crippen molar-refractivity contribution in [3.63, 3.8) is 0 Å². The fraction of sp³-hybridized carbons (Fsp3) is 0.556. The minimum atomic E-state index is -0.110. The van der Waals surface area contributed by atoms with Crippen LogP contribution in [-0.4, -0.2) is 11.0 Å². The Balaban J connectivity index is 2.34. The van der Waals surface area contributed by atoms with E-state index in [0.29, 0.717) is 10.8 Å². The third kappa shape index (κ3) is 3.14. The molecular weight excluding hydrogens is 184 g/mol. The first-order chi connectivity index (χ1) is 6.24. The van der Waals surface area contributed by atoms with Crippen molar-refractivity contribution >= 4 is 23.2 Å². The lowest BCUT2D eigenvalue weighted by atomic mass is 10.2. The predicted octanol–water partition coefficient (Wildman–Crippen LogP) is 1.45. The molecule has 3 nitrogen and oxygen atoms in total. The summed E-state index contributed by atoms with van der Waals surface area (Å²) in [5, 5.41) is 5.74. The summed E-state index contributed by atoms with van der Waals surface area (Å²) in [7, 11) is 0. The Labute approximate surface area is 83.6 Å². The summed E-state index contributed by atoms with van der Waals surface area (Å²) < 4.78 is 0. The van der Waals surface area contributed by atoms with E-state index in [4.69, 9.17) is 12.2 Å². The van der Waals surface area contributed by atoms with Crippen LogP contribution < -0.4 is 10.6 Å². The molecule has 0 radical (unpaired) electrons. The molecule has 0 aromatic rings. The smallest absolute Gasteiger partial charge is 0.273 e. The molecule has 0 aromatic heterocycles. The van der Waals surface area contributed by atoms with Gasteiger partial charge in [0.15, 0.2) is 5.11 Å². The highest BCUT2D eigenvalue weighted by atomic mass is 32.1. The van der Waals surface area contributed by atoms with E-state index in [1.165, 1.54) is 12.8 Å². The zero-order valence-electron chi connectivity index (χ0n) is 7.72. The van der Waals surface area contributed by atoms with Gasteiger partial charge in [-0.25, -0.2) is 0 Å². The van der Waals surface area contributed by atoms with Gasteiger partial charge in [-0.2, -0.15) is 0 Å². The quantitative estimate of drug-likeness (QED) is 0.408. The van der Waals surface area contributed by atoms with Crippen molar-refractivity contribution in [1.82, 2.24) is 10.6 Å². The molecule has 0 bridgehead atoms. The Morgan fingerprint density at radius 3 is 2.69 bits per heavy atom. The number of nitrogens with one attached hydrogen (secondary N) is 2. The molecule has 13 heavy (non-hydrogen) atoms. The summed E-state index contributed by atoms with van der Waals surface area (Å²) in [5.74, 6) is -0.110. The van der Waals surface area contributed by atoms with Crippen LogP contribution in [0, 0.1) is 0 Å². The first-order valence-electron chi connectivity index (χ1n) is 4.56. The normalized spacial score (nSPS) is 19.0. The van der Waals surface area contributed by atoms with Gasteiger partial charge in [0.05, 0.1) is 0 Å². The van der Waals surface area contributed by atoms with Gasteiger partial charge in [0.25, 0.3) is 5.91 Å². The number of allylic oxidation sites excluding steroid dienone is 1. The van der Waals surface area contributed by atoms with Gasteiger partial charge in [0, 0.05) is 0 Å². The summed E-state index contributed by atoms with van der Waals surface area (Å²) in [5.41, 5.74) is 0.598. The molecule has 1 rings (SSSR count). The molecule has 0 spiro atoms. The standard InChI is InChI=1S/C9H14N2OS/c1-2-3-4-5-6-7-8(12)11-9(13)10-7/h6H,2-5H2,1H3,(H2,10,11,12,13)/b7-6-. The minimum Gasteiger partial charge on any atom is -0.328 e. The zero-order chi connectivity index (χ0) is 9.68. The number of carbonyl (C=O) groups is 1. The summed E-state index contributed by atoms with van der Waals surface area (Å²) in [6, 6.07) is 0. The van der Waals surface area contributed by atoms with Gasteiger partial charge >= 0.3 is 0 Å².